The van der Waals surface area contributed by atoms with Gasteiger partial charge in [0.2, 0.25) is 0 Å². The maximum atomic E-state index is 10.8. The zero-order valence-corrected chi connectivity index (χ0v) is 11.7. The van der Waals surface area contributed by atoms with Crippen LogP contribution in [0.1, 0.15) is 26.7 Å². The van der Waals surface area contributed by atoms with Crippen LogP contribution in [0.4, 0.5) is 11.4 Å². The van der Waals surface area contributed by atoms with Gasteiger partial charge in [-0.05, 0) is 31.1 Å². The second kappa shape index (κ2) is 7.42. The lowest BCUT2D eigenvalue weighted by atomic mass is 10.2. The van der Waals surface area contributed by atoms with Gasteiger partial charge in [-0.15, -0.1) is 0 Å². The Hall–Kier alpha value is -2.02. The number of thiocarbonyl (C=S) groups is 1. The standard InChI is InChI=1S/C12H16N4O2S/c1-3-9(4-2)14-15-12(19)13-10-7-5-6-8-11(10)16(17)18/h5-8H,3-4H2,1-2H3,(H2,13,15,19). The Morgan fingerprint density at radius 2 is 2.00 bits per heavy atom. The smallest absolute Gasteiger partial charge is 0.292 e. The molecular formula is C12H16N4O2S. The van der Waals surface area contributed by atoms with Gasteiger partial charge in [0, 0.05) is 11.8 Å². The van der Waals surface area contributed by atoms with E-state index < -0.39 is 4.92 Å². The molecule has 1 aromatic rings. The third-order valence-electron chi connectivity index (χ3n) is 2.48. The van der Waals surface area contributed by atoms with Crippen molar-refractivity contribution in [2.45, 2.75) is 26.7 Å². The van der Waals surface area contributed by atoms with Crippen molar-refractivity contribution in [3.63, 3.8) is 0 Å². The molecule has 0 fully saturated rings. The second-order valence-electron chi connectivity index (χ2n) is 3.73. The molecule has 0 aliphatic rings. The number of anilines is 1. The van der Waals surface area contributed by atoms with Crippen molar-refractivity contribution in [3.8, 4) is 0 Å². The van der Waals surface area contributed by atoms with Gasteiger partial charge in [0.1, 0.15) is 5.69 Å². The van der Waals surface area contributed by atoms with Crippen LogP contribution in [0.5, 0.6) is 0 Å². The molecule has 0 saturated carbocycles. The predicted molar refractivity (Wildman–Crippen MR) is 80.5 cm³/mol. The van der Waals surface area contributed by atoms with Crippen LogP contribution < -0.4 is 10.7 Å². The summed E-state index contributed by atoms with van der Waals surface area (Å²) in [5, 5.41) is 18.0. The quantitative estimate of drug-likeness (QED) is 0.375. The number of rotatable bonds is 5. The molecule has 6 nitrogen and oxygen atoms in total. The molecule has 0 aromatic heterocycles. The van der Waals surface area contributed by atoms with E-state index in [1.165, 1.54) is 6.07 Å². The van der Waals surface area contributed by atoms with Gasteiger partial charge in [0.25, 0.3) is 5.69 Å². The average molecular weight is 280 g/mol. The number of nitro groups is 1. The maximum Gasteiger partial charge on any atom is 0.292 e. The average Bonchev–Trinajstić information content (AvgIpc) is 2.40. The molecule has 0 unspecified atom stereocenters. The van der Waals surface area contributed by atoms with E-state index in [1.807, 2.05) is 13.8 Å². The number of nitro benzene ring substituents is 1. The van der Waals surface area contributed by atoms with Gasteiger partial charge in [-0.3, -0.25) is 15.5 Å². The predicted octanol–water partition coefficient (Wildman–Crippen LogP) is 3.06. The first-order valence-corrected chi connectivity index (χ1v) is 6.35. The molecule has 0 radical (unpaired) electrons. The van der Waals surface area contributed by atoms with E-state index in [-0.39, 0.29) is 10.8 Å². The normalized spacial score (nSPS) is 9.58. The van der Waals surface area contributed by atoms with Crippen LogP contribution in [0.3, 0.4) is 0 Å². The van der Waals surface area contributed by atoms with E-state index in [4.69, 9.17) is 12.2 Å². The van der Waals surface area contributed by atoms with Crippen molar-refractivity contribution >= 4 is 34.4 Å². The second-order valence-corrected chi connectivity index (χ2v) is 4.13. The molecule has 7 heteroatoms. The maximum absolute atomic E-state index is 10.8. The van der Waals surface area contributed by atoms with Crippen LogP contribution in [-0.2, 0) is 0 Å². The Morgan fingerprint density at radius 1 is 1.37 bits per heavy atom. The Balaban J connectivity index is 2.73. The van der Waals surface area contributed by atoms with Gasteiger partial charge in [-0.1, -0.05) is 26.0 Å². The molecular weight excluding hydrogens is 264 g/mol. The zero-order chi connectivity index (χ0) is 14.3. The number of hydrogen-bond donors (Lipinski definition) is 2. The lowest BCUT2D eigenvalue weighted by molar-refractivity contribution is -0.383. The first-order chi connectivity index (χ1) is 9.08. The summed E-state index contributed by atoms with van der Waals surface area (Å²) in [6, 6.07) is 6.31. The van der Waals surface area contributed by atoms with Crippen molar-refractivity contribution < 1.29 is 4.92 Å². The van der Waals surface area contributed by atoms with Crippen LogP contribution in [-0.4, -0.2) is 15.7 Å². The highest BCUT2D eigenvalue weighted by Gasteiger charge is 2.12. The SMILES string of the molecule is CCC(CC)=NNC(=S)Nc1ccccc1[N+](=O)[O-]. The molecule has 1 aromatic carbocycles. The number of benzene rings is 1. The summed E-state index contributed by atoms with van der Waals surface area (Å²) < 4.78 is 0. The summed E-state index contributed by atoms with van der Waals surface area (Å²) in [6.07, 6.45) is 1.66. The number of para-hydroxylation sites is 2. The van der Waals surface area contributed by atoms with Gasteiger partial charge < -0.3 is 5.32 Å². The number of hydrazone groups is 1. The van der Waals surface area contributed by atoms with Gasteiger partial charge in [-0.25, -0.2) is 0 Å². The summed E-state index contributed by atoms with van der Waals surface area (Å²) in [6.45, 7) is 4.01. The Bertz CT molecular complexity index is 496. The largest absolute Gasteiger partial charge is 0.326 e. The van der Waals surface area contributed by atoms with Crippen molar-refractivity contribution in [3.05, 3.63) is 34.4 Å². The van der Waals surface area contributed by atoms with Gasteiger partial charge >= 0.3 is 0 Å². The van der Waals surface area contributed by atoms with E-state index in [9.17, 15) is 10.1 Å². The molecule has 0 atom stereocenters. The Morgan fingerprint density at radius 3 is 2.58 bits per heavy atom. The van der Waals surface area contributed by atoms with Crippen molar-refractivity contribution in [2.24, 2.45) is 5.10 Å². The number of nitrogens with zero attached hydrogens (tertiary/aromatic N) is 2. The Labute approximate surface area is 117 Å². The minimum atomic E-state index is -0.461. The van der Waals surface area contributed by atoms with E-state index >= 15 is 0 Å². The summed E-state index contributed by atoms with van der Waals surface area (Å²) >= 11 is 5.04. The van der Waals surface area contributed by atoms with Crippen LogP contribution in [0.15, 0.2) is 29.4 Å². The Kier molecular flexibility index (Phi) is 5.87. The summed E-state index contributed by atoms with van der Waals surface area (Å²) in [5.74, 6) is 0. The lowest BCUT2D eigenvalue weighted by Crippen LogP contribution is -2.25. The monoisotopic (exact) mass is 280 g/mol. The molecule has 0 amide bonds. The van der Waals surface area contributed by atoms with Crippen LogP contribution in [0, 0.1) is 10.1 Å². The van der Waals surface area contributed by atoms with Crippen LogP contribution >= 0.6 is 12.2 Å². The zero-order valence-electron chi connectivity index (χ0n) is 10.8. The number of nitrogens with one attached hydrogen (secondary N) is 2. The van der Waals surface area contributed by atoms with Gasteiger partial charge in [-0.2, -0.15) is 5.10 Å². The third-order valence-corrected chi connectivity index (χ3v) is 2.67. The molecule has 0 bridgehead atoms. The molecule has 102 valence electrons. The molecule has 2 N–H and O–H groups in total. The van der Waals surface area contributed by atoms with Crippen molar-refractivity contribution in [1.29, 1.82) is 0 Å². The van der Waals surface area contributed by atoms with Crippen LogP contribution in [0.25, 0.3) is 0 Å². The van der Waals surface area contributed by atoms with Crippen molar-refractivity contribution in [2.75, 3.05) is 5.32 Å². The van der Waals surface area contributed by atoms with Gasteiger partial charge in [0.05, 0.1) is 4.92 Å². The fraction of sp³-hybridized carbons (Fsp3) is 0.333. The molecule has 0 aliphatic heterocycles. The van der Waals surface area contributed by atoms with Crippen molar-refractivity contribution in [1.82, 2.24) is 5.43 Å². The third kappa shape index (κ3) is 4.63. The topological polar surface area (TPSA) is 79.6 Å². The molecule has 1 rings (SSSR count). The van der Waals surface area contributed by atoms with E-state index in [0.29, 0.717) is 5.69 Å². The first kappa shape index (κ1) is 15.0. The van der Waals surface area contributed by atoms with Crippen LogP contribution in [0.2, 0.25) is 0 Å². The summed E-state index contributed by atoms with van der Waals surface area (Å²) in [4.78, 5) is 10.4. The van der Waals surface area contributed by atoms with Gasteiger partial charge in [0.15, 0.2) is 5.11 Å². The lowest BCUT2D eigenvalue weighted by Gasteiger charge is -2.08. The summed E-state index contributed by atoms with van der Waals surface area (Å²) in [5.41, 5.74) is 3.98. The highest BCUT2D eigenvalue weighted by molar-refractivity contribution is 7.80. The molecule has 0 heterocycles. The first-order valence-electron chi connectivity index (χ1n) is 5.94. The minimum absolute atomic E-state index is 0.0261. The molecule has 0 aliphatic carbocycles. The summed E-state index contributed by atoms with van der Waals surface area (Å²) in [7, 11) is 0. The highest BCUT2D eigenvalue weighted by Crippen LogP contribution is 2.22. The van der Waals surface area contributed by atoms with E-state index in [2.05, 4.69) is 15.8 Å². The number of hydrogen-bond acceptors (Lipinski definition) is 4. The van der Waals surface area contributed by atoms with E-state index in [1.54, 1.807) is 18.2 Å². The van der Waals surface area contributed by atoms with E-state index in [0.717, 1.165) is 18.6 Å². The minimum Gasteiger partial charge on any atom is -0.326 e. The molecule has 0 spiro atoms. The fourth-order valence-electron chi connectivity index (χ4n) is 1.43. The molecule has 19 heavy (non-hydrogen) atoms. The fourth-order valence-corrected chi connectivity index (χ4v) is 1.58. The molecule has 0 saturated heterocycles. The highest BCUT2D eigenvalue weighted by atomic mass is 32.1.